The Morgan fingerprint density at radius 3 is 2.53 bits per heavy atom. The van der Waals surface area contributed by atoms with Crippen LogP contribution >= 0.6 is 11.6 Å². The highest BCUT2D eigenvalue weighted by Crippen LogP contribution is 2.20. The topological polar surface area (TPSA) is 55.1 Å². The van der Waals surface area contributed by atoms with Crippen LogP contribution < -0.4 is 11.1 Å². The fourth-order valence-corrected chi connectivity index (χ4v) is 2.14. The molecule has 98 valence electrons. The number of hydrogen-bond donors (Lipinski definition) is 2. The summed E-state index contributed by atoms with van der Waals surface area (Å²) in [6.45, 7) is 3.96. The van der Waals surface area contributed by atoms with Crippen LogP contribution in [0.2, 0.25) is 5.02 Å². The van der Waals surface area contributed by atoms with Crippen molar-refractivity contribution in [2.24, 2.45) is 0 Å². The van der Waals surface area contributed by atoms with Gasteiger partial charge in [-0.15, -0.1) is 0 Å². The molecule has 3 N–H and O–H groups in total. The molecule has 0 aliphatic heterocycles. The minimum absolute atomic E-state index is 0.221. The van der Waals surface area contributed by atoms with Crippen LogP contribution in [0.25, 0.3) is 0 Å². The smallest absolute Gasteiger partial charge is 0.255 e. The molecule has 0 aromatic heterocycles. The molecule has 0 saturated carbocycles. The molecular formula is C15H15ClN2O. The molecule has 4 heteroatoms. The summed E-state index contributed by atoms with van der Waals surface area (Å²) in [6.07, 6.45) is 0. The van der Waals surface area contributed by atoms with Crippen molar-refractivity contribution < 1.29 is 4.79 Å². The van der Waals surface area contributed by atoms with Crippen LogP contribution in [0.15, 0.2) is 36.4 Å². The van der Waals surface area contributed by atoms with Crippen molar-refractivity contribution in [2.75, 3.05) is 11.1 Å². The molecule has 19 heavy (non-hydrogen) atoms. The zero-order valence-corrected chi connectivity index (χ0v) is 11.6. The van der Waals surface area contributed by atoms with E-state index >= 15 is 0 Å². The lowest BCUT2D eigenvalue weighted by Gasteiger charge is -2.10. The Morgan fingerprint density at radius 1 is 1.16 bits per heavy atom. The molecule has 3 nitrogen and oxygen atoms in total. The summed E-state index contributed by atoms with van der Waals surface area (Å²) >= 11 is 5.89. The normalized spacial score (nSPS) is 10.3. The summed E-state index contributed by atoms with van der Waals surface area (Å²) < 4.78 is 0. The summed E-state index contributed by atoms with van der Waals surface area (Å²) in [5, 5.41) is 3.30. The van der Waals surface area contributed by atoms with Crippen LogP contribution in [0.3, 0.4) is 0 Å². The van der Waals surface area contributed by atoms with Crippen LogP contribution in [-0.2, 0) is 0 Å². The first-order chi connectivity index (χ1) is 8.95. The largest absolute Gasteiger partial charge is 0.399 e. The summed E-state index contributed by atoms with van der Waals surface area (Å²) in [5.74, 6) is -0.221. The predicted octanol–water partition coefficient (Wildman–Crippen LogP) is 3.79. The summed E-state index contributed by atoms with van der Waals surface area (Å²) in [4.78, 5) is 12.1. The number of nitrogen functional groups attached to an aromatic ring is 1. The summed E-state index contributed by atoms with van der Waals surface area (Å²) in [5.41, 5.74) is 9.55. The number of rotatable bonds is 2. The first-order valence-corrected chi connectivity index (χ1v) is 6.28. The minimum Gasteiger partial charge on any atom is -0.399 e. The van der Waals surface area contributed by atoms with Gasteiger partial charge in [0.1, 0.15) is 0 Å². The van der Waals surface area contributed by atoms with Crippen molar-refractivity contribution in [1.82, 2.24) is 0 Å². The van der Waals surface area contributed by atoms with E-state index in [-0.39, 0.29) is 5.91 Å². The van der Waals surface area contributed by atoms with E-state index in [0.29, 0.717) is 16.3 Å². The van der Waals surface area contributed by atoms with Crippen LogP contribution in [0.5, 0.6) is 0 Å². The molecule has 0 atom stereocenters. The van der Waals surface area contributed by atoms with Gasteiger partial charge in [0.15, 0.2) is 0 Å². The maximum absolute atomic E-state index is 12.1. The van der Waals surface area contributed by atoms with Crippen molar-refractivity contribution in [3.8, 4) is 0 Å². The van der Waals surface area contributed by atoms with Crippen molar-refractivity contribution in [3.63, 3.8) is 0 Å². The lowest BCUT2D eigenvalue weighted by molar-refractivity contribution is 0.102. The molecule has 2 aromatic carbocycles. The molecule has 0 radical (unpaired) electrons. The second kappa shape index (κ2) is 5.33. The molecule has 0 spiro atoms. The molecule has 0 fully saturated rings. The Bertz CT molecular complexity index is 618. The number of nitrogens with two attached hydrogens (primary N) is 1. The summed E-state index contributed by atoms with van der Waals surface area (Å²) in [6, 6.07) is 10.7. The highest BCUT2D eigenvalue weighted by atomic mass is 35.5. The number of hydrogen-bond acceptors (Lipinski definition) is 2. The first-order valence-electron chi connectivity index (χ1n) is 5.90. The quantitative estimate of drug-likeness (QED) is 0.819. The molecule has 2 rings (SSSR count). The van der Waals surface area contributed by atoms with Gasteiger partial charge < -0.3 is 11.1 Å². The van der Waals surface area contributed by atoms with Gasteiger partial charge in [-0.2, -0.15) is 0 Å². The van der Waals surface area contributed by atoms with Crippen LogP contribution in [-0.4, -0.2) is 5.91 Å². The van der Waals surface area contributed by atoms with Gasteiger partial charge in [0.05, 0.1) is 0 Å². The lowest BCUT2D eigenvalue weighted by Crippen LogP contribution is -2.13. The van der Waals surface area contributed by atoms with Crippen LogP contribution in [0.4, 0.5) is 11.4 Å². The van der Waals surface area contributed by atoms with E-state index in [0.717, 1.165) is 16.8 Å². The maximum atomic E-state index is 12.1. The molecule has 0 aliphatic carbocycles. The average Bonchev–Trinajstić information content (AvgIpc) is 2.31. The zero-order valence-electron chi connectivity index (χ0n) is 10.8. The van der Waals surface area contributed by atoms with E-state index in [2.05, 4.69) is 5.32 Å². The van der Waals surface area contributed by atoms with Crippen molar-refractivity contribution in [1.29, 1.82) is 0 Å². The molecule has 0 saturated heterocycles. The third-order valence-electron chi connectivity index (χ3n) is 2.81. The van der Waals surface area contributed by atoms with E-state index in [9.17, 15) is 4.79 Å². The molecule has 2 aromatic rings. The lowest BCUT2D eigenvalue weighted by atomic mass is 10.1. The van der Waals surface area contributed by atoms with E-state index in [1.54, 1.807) is 18.2 Å². The van der Waals surface area contributed by atoms with E-state index < -0.39 is 0 Å². The maximum Gasteiger partial charge on any atom is 0.255 e. The number of benzene rings is 2. The van der Waals surface area contributed by atoms with Gasteiger partial charge in [0.25, 0.3) is 5.91 Å². The van der Waals surface area contributed by atoms with E-state index in [1.807, 2.05) is 32.0 Å². The molecule has 0 heterocycles. The highest BCUT2D eigenvalue weighted by molar-refractivity contribution is 6.31. The monoisotopic (exact) mass is 274 g/mol. The number of aryl methyl sites for hydroxylation is 2. The Kier molecular flexibility index (Phi) is 3.76. The Balaban J connectivity index is 2.25. The standard InChI is InChI=1S/C15H15ClN2O/c1-9-3-4-14(10(2)5-9)18-15(19)11-6-12(16)8-13(17)7-11/h3-8H,17H2,1-2H3,(H,18,19). The molecule has 0 aliphatic rings. The molecule has 0 unspecified atom stereocenters. The van der Waals surface area contributed by atoms with Gasteiger partial charge in [0.2, 0.25) is 0 Å². The van der Waals surface area contributed by atoms with E-state index in [1.165, 1.54) is 0 Å². The van der Waals surface area contributed by atoms with Crippen molar-refractivity contribution in [3.05, 3.63) is 58.1 Å². The van der Waals surface area contributed by atoms with E-state index in [4.69, 9.17) is 17.3 Å². The number of nitrogens with one attached hydrogen (secondary N) is 1. The van der Waals surface area contributed by atoms with Crippen LogP contribution in [0.1, 0.15) is 21.5 Å². The molecule has 1 amide bonds. The number of amides is 1. The third kappa shape index (κ3) is 3.26. The first kappa shape index (κ1) is 13.4. The van der Waals surface area contributed by atoms with Crippen LogP contribution in [0, 0.1) is 13.8 Å². The fourth-order valence-electron chi connectivity index (χ4n) is 1.89. The predicted molar refractivity (Wildman–Crippen MR) is 79.7 cm³/mol. The van der Waals surface area contributed by atoms with Gasteiger partial charge in [-0.3, -0.25) is 4.79 Å². The third-order valence-corrected chi connectivity index (χ3v) is 3.03. The zero-order chi connectivity index (χ0) is 14.0. The van der Waals surface area contributed by atoms with Gasteiger partial charge >= 0.3 is 0 Å². The Hall–Kier alpha value is -2.00. The fraction of sp³-hybridized carbons (Fsp3) is 0.133. The van der Waals surface area contributed by atoms with Gasteiger partial charge in [0, 0.05) is 22.0 Å². The second-order valence-electron chi connectivity index (χ2n) is 4.55. The van der Waals surface area contributed by atoms with Crippen molar-refractivity contribution >= 4 is 28.9 Å². The Morgan fingerprint density at radius 2 is 1.89 bits per heavy atom. The highest BCUT2D eigenvalue weighted by Gasteiger charge is 2.09. The number of anilines is 2. The SMILES string of the molecule is Cc1ccc(NC(=O)c2cc(N)cc(Cl)c2)c(C)c1. The number of carbonyl (C=O) groups is 1. The van der Waals surface area contributed by atoms with Gasteiger partial charge in [-0.1, -0.05) is 29.3 Å². The Labute approximate surface area is 117 Å². The average molecular weight is 275 g/mol. The van der Waals surface area contributed by atoms with Gasteiger partial charge in [-0.25, -0.2) is 0 Å². The molecule has 0 bridgehead atoms. The number of halogens is 1. The summed E-state index contributed by atoms with van der Waals surface area (Å²) in [7, 11) is 0. The second-order valence-corrected chi connectivity index (χ2v) is 4.98. The van der Waals surface area contributed by atoms with Crippen molar-refractivity contribution in [2.45, 2.75) is 13.8 Å². The number of carbonyl (C=O) groups excluding carboxylic acids is 1. The van der Waals surface area contributed by atoms with Gasteiger partial charge in [-0.05, 0) is 43.7 Å². The minimum atomic E-state index is -0.221. The molecular weight excluding hydrogens is 260 g/mol.